The third kappa shape index (κ3) is 4.00. The number of fused-ring (bicyclic) bond motifs is 1. The predicted molar refractivity (Wildman–Crippen MR) is 113 cm³/mol. The lowest BCUT2D eigenvalue weighted by atomic mass is 10.0. The first-order valence-electron chi connectivity index (χ1n) is 9.38. The van der Waals surface area contributed by atoms with Crippen LogP contribution in [0.4, 0.5) is 0 Å². The van der Waals surface area contributed by atoms with E-state index < -0.39 is 0 Å². The van der Waals surface area contributed by atoms with Crippen LogP contribution in [0.5, 0.6) is 0 Å². The van der Waals surface area contributed by atoms with Gasteiger partial charge in [0.05, 0.1) is 34.2 Å². The van der Waals surface area contributed by atoms with Gasteiger partial charge in [0, 0.05) is 43.0 Å². The van der Waals surface area contributed by atoms with Crippen molar-refractivity contribution in [3.63, 3.8) is 0 Å². The molecule has 0 saturated carbocycles. The van der Waals surface area contributed by atoms with Crippen molar-refractivity contribution in [3.05, 3.63) is 65.2 Å². The number of para-hydroxylation sites is 1. The van der Waals surface area contributed by atoms with Crippen LogP contribution in [0, 0.1) is 6.92 Å². The number of benzene rings is 1. The molecule has 3 heterocycles. The van der Waals surface area contributed by atoms with Gasteiger partial charge in [0.15, 0.2) is 0 Å². The first kappa shape index (κ1) is 19.1. The Morgan fingerprint density at radius 2 is 2.03 bits per heavy atom. The Hall–Kier alpha value is -3.19. The number of rotatable bonds is 6. The zero-order valence-electron chi connectivity index (χ0n) is 16.3. The largest absolute Gasteiger partial charge is 0.352 e. The summed E-state index contributed by atoms with van der Waals surface area (Å²) in [6.07, 6.45) is 5.90. The van der Waals surface area contributed by atoms with Gasteiger partial charge < -0.3 is 5.32 Å². The minimum atomic E-state index is -0.120. The molecule has 0 atom stereocenters. The molecule has 1 amide bonds. The second kappa shape index (κ2) is 8.05. The molecule has 8 heteroatoms. The molecule has 0 bridgehead atoms. The molecule has 0 aliphatic heterocycles. The van der Waals surface area contributed by atoms with E-state index in [2.05, 4.69) is 15.5 Å². The van der Waals surface area contributed by atoms with Crippen molar-refractivity contribution < 1.29 is 4.79 Å². The molecule has 0 saturated heterocycles. The average Bonchev–Trinajstić information content (AvgIpc) is 3.29. The molecule has 4 aromatic rings. The Morgan fingerprint density at radius 1 is 1.21 bits per heavy atom. The van der Waals surface area contributed by atoms with Gasteiger partial charge in [0.2, 0.25) is 0 Å². The van der Waals surface area contributed by atoms with E-state index in [1.165, 1.54) is 0 Å². The molecular formula is C21H21ClN6O. The average molecular weight is 409 g/mol. The number of halogens is 1. The lowest BCUT2D eigenvalue weighted by Gasteiger charge is -2.10. The number of hydrogen-bond acceptors (Lipinski definition) is 4. The maximum atomic E-state index is 12.9. The number of aromatic nitrogens is 5. The molecule has 7 nitrogen and oxygen atoms in total. The maximum Gasteiger partial charge on any atom is 0.252 e. The SMILES string of the molecule is Cc1c(-c2cc(C(=O)NCCCn3cc(Cl)cn3)c3ccccc3n2)cnn1C. The number of amides is 1. The molecule has 0 aliphatic carbocycles. The second-order valence-electron chi connectivity index (χ2n) is 6.87. The van der Waals surface area contributed by atoms with Gasteiger partial charge in [-0.1, -0.05) is 29.8 Å². The highest BCUT2D eigenvalue weighted by atomic mass is 35.5. The topological polar surface area (TPSA) is 77.6 Å². The third-order valence-electron chi connectivity index (χ3n) is 4.92. The fourth-order valence-electron chi connectivity index (χ4n) is 3.25. The van der Waals surface area contributed by atoms with Crippen LogP contribution in [0.3, 0.4) is 0 Å². The Morgan fingerprint density at radius 3 is 2.76 bits per heavy atom. The van der Waals surface area contributed by atoms with E-state index in [0.29, 0.717) is 23.7 Å². The molecular weight excluding hydrogens is 388 g/mol. The molecule has 4 rings (SSSR count). The maximum absolute atomic E-state index is 12.9. The Kier molecular flexibility index (Phi) is 5.31. The summed E-state index contributed by atoms with van der Waals surface area (Å²) >= 11 is 5.87. The lowest BCUT2D eigenvalue weighted by molar-refractivity contribution is 0.0954. The van der Waals surface area contributed by atoms with Crippen LogP contribution < -0.4 is 5.32 Å². The normalized spacial score (nSPS) is 11.1. The first-order valence-corrected chi connectivity index (χ1v) is 9.75. The van der Waals surface area contributed by atoms with Gasteiger partial charge in [-0.2, -0.15) is 10.2 Å². The summed E-state index contributed by atoms with van der Waals surface area (Å²) in [5.74, 6) is -0.120. The molecule has 3 aromatic heterocycles. The molecule has 1 aromatic carbocycles. The summed E-state index contributed by atoms with van der Waals surface area (Å²) in [4.78, 5) is 17.7. The molecule has 1 N–H and O–H groups in total. The summed E-state index contributed by atoms with van der Waals surface area (Å²) in [6.45, 7) is 3.21. The second-order valence-corrected chi connectivity index (χ2v) is 7.31. The summed E-state index contributed by atoms with van der Waals surface area (Å²) in [6, 6.07) is 9.52. The number of hydrogen-bond donors (Lipinski definition) is 1. The zero-order valence-corrected chi connectivity index (χ0v) is 17.0. The van der Waals surface area contributed by atoms with Crippen LogP contribution in [0.2, 0.25) is 5.02 Å². The van der Waals surface area contributed by atoms with E-state index in [9.17, 15) is 4.79 Å². The highest BCUT2D eigenvalue weighted by Crippen LogP contribution is 2.26. The van der Waals surface area contributed by atoms with E-state index in [1.54, 1.807) is 28.0 Å². The Bertz CT molecular complexity index is 1180. The van der Waals surface area contributed by atoms with Crippen LogP contribution in [0.25, 0.3) is 22.2 Å². The molecule has 0 unspecified atom stereocenters. The molecule has 0 aliphatic rings. The number of carbonyl (C=O) groups is 1. The molecule has 29 heavy (non-hydrogen) atoms. The molecule has 0 fully saturated rings. The van der Waals surface area contributed by atoms with Gasteiger partial charge in [0.1, 0.15) is 0 Å². The van der Waals surface area contributed by atoms with Gasteiger partial charge in [0.25, 0.3) is 5.91 Å². The van der Waals surface area contributed by atoms with E-state index in [4.69, 9.17) is 16.6 Å². The lowest BCUT2D eigenvalue weighted by Crippen LogP contribution is -2.25. The Balaban J connectivity index is 1.56. The standard InChI is InChI=1S/C21H21ClN6O/c1-14-18(12-24-27(14)2)20-10-17(16-6-3-4-7-19(16)26-20)21(29)23-8-5-9-28-13-15(22)11-25-28/h3-4,6-7,10-13H,5,8-9H2,1-2H3,(H,23,29). The monoisotopic (exact) mass is 408 g/mol. The third-order valence-corrected chi connectivity index (χ3v) is 5.12. The zero-order chi connectivity index (χ0) is 20.4. The van der Waals surface area contributed by atoms with Crippen molar-refractivity contribution in [3.8, 4) is 11.3 Å². The van der Waals surface area contributed by atoms with Crippen LogP contribution in [-0.2, 0) is 13.6 Å². The van der Waals surface area contributed by atoms with Crippen LogP contribution >= 0.6 is 11.6 Å². The van der Waals surface area contributed by atoms with Crippen molar-refractivity contribution in [2.24, 2.45) is 7.05 Å². The fourth-order valence-corrected chi connectivity index (χ4v) is 3.41. The summed E-state index contributed by atoms with van der Waals surface area (Å²) < 4.78 is 3.56. The van der Waals surface area contributed by atoms with Crippen molar-refractivity contribution in [1.29, 1.82) is 0 Å². The number of nitrogens with one attached hydrogen (secondary N) is 1. The summed E-state index contributed by atoms with van der Waals surface area (Å²) in [5, 5.41) is 12.9. The molecule has 0 spiro atoms. The fraction of sp³-hybridized carbons (Fsp3) is 0.238. The van der Waals surface area contributed by atoms with Crippen LogP contribution in [0.1, 0.15) is 22.5 Å². The van der Waals surface area contributed by atoms with Gasteiger partial charge >= 0.3 is 0 Å². The quantitative estimate of drug-likeness (QED) is 0.494. The summed E-state index contributed by atoms with van der Waals surface area (Å²) in [7, 11) is 1.89. The minimum absolute atomic E-state index is 0.120. The van der Waals surface area contributed by atoms with E-state index in [1.807, 2.05) is 44.3 Å². The van der Waals surface area contributed by atoms with Crippen molar-refractivity contribution in [2.75, 3.05) is 6.54 Å². The van der Waals surface area contributed by atoms with Crippen molar-refractivity contribution >= 4 is 28.4 Å². The van der Waals surface area contributed by atoms with Crippen molar-refractivity contribution in [2.45, 2.75) is 19.9 Å². The van der Waals surface area contributed by atoms with Gasteiger partial charge in [-0.25, -0.2) is 4.98 Å². The van der Waals surface area contributed by atoms with Gasteiger partial charge in [-0.3, -0.25) is 14.2 Å². The smallest absolute Gasteiger partial charge is 0.252 e. The predicted octanol–water partition coefficient (Wildman–Crippen LogP) is 3.61. The number of carbonyl (C=O) groups excluding carboxylic acids is 1. The van der Waals surface area contributed by atoms with E-state index in [-0.39, 0.29) is 5.91 Å². The van der Waals surface area contributed by atoms with Gasteiger partial charge in [-0.15, -0.1) is 0 Å². The van der Waals surface area contributed by atoms with Crippen LogP contribution in [-0.4, -0.2) is 37.0 Å². The first-order chi connectivity index (χ1) is 14.0. The summed E-state index contributed by atoms with van der Waals surface area (Å²) in [5.41, 5.74) is 4.05. The van der Waals surface area contributed by atoms with E-state index in [0.717, 1.165) is 34.3 Å². The van der Waals surface area contributed by atoms with Crippen molar-refractivity contribution in [1.82, 2.24) is 29.9 Å². The Labute approximate surface area is 173 Å². The number of aryl methyl sites for hydroxylation is 2. The minimum Gasteiger partial charge on any atom is -0.352 e. The van der Waals surface area contributed by atoms with Gasteiger partial charge in [-0.05, 0) is 25.5 Å². The molecule has 0 radical (unpaired) electrons. The number of nitrogens with zero attached hydrogens (tertiary/aromatic N) is 5. The highest BCUT2D eigenvalue weighted by molar-refractivity contribution is 6.30. The molecule has 148 valence electrons. The highest BCUT2D eigenvalue weighted by Gasteiger charge is 2.16. The van der Waals surface area contributed by atoms with E-state index >= 15 is 0 Å². The number of pyridine rings is 1. The van der Waals surface area contributed by atoms with Crippen LogP contribution in [0.15, 0.2) is 48.9 Å².